The summed E-state index contributed by atoms with van der Waals surface area (Å²) in [5.41, 5.74) is 4.76. The van der Waals surface area contributed by atoms with E-state index in [-0.39, 0.29) is 17.9 Å². The molecule has 1 aliphatic rings. The van der Waals surface area contributed by atoms with Crippen molar-refractivity contribution in [3.63, 3.8) is 0 Å². The van der Waals surface area contributed by atoms with E-state index in [1.807, 2.05) is 31.5 Å². The van der Waals surface area contributed by atoms with Crippen LogP contribution in [-0.2, 0) is 4.74 Å². The molecule has 8 heteroatoms. The number of carbonyl (C=O) groups is 2. The van der Waals surface area contributed by atoms with E-state index in [1.165, 1.54) is 5.56 Å². The highest BCUT2D eigenvalue weighted by atomic mass is 35.5. The Morgan fingerprint density at radius 2 is 1.69 bits per heavy atom. The van der Waals surface area contributed by atoms with Gasteiger partial charge in [-0.2, -0.15) is 5.10 Å². The lowest BCUT2D eigenvalue weighted by Gasteiger charge is -2.34. The van der Waals surface area contributed by atoms with Gasteiger partial charge in [-0.3, -0.25) is 4.79 Å². The van der Waals surface area contributed by atoms with E-state index >= 15 is 0 Å². The number of anilines is 1. The summed E-state index contributed by atoms with van der Waals surface area (Å²) in [6, 6.07) is 13.2. The van der Waals surface area contributed by atoms with Crippen molar-refractivity contribution >= 4 is 29.3 Å². The maximum atomic E-state index is 13.4. The number of nitrogens with zero attached hydrogens (tertiary/aromatic N) is 3. The Morgan fingerprint density at radius 1 is 1.03 bits per heavy atom. The first-order valence-electron chi connectivity index (χ1n) is 12.2. The van der Waals surface area contributed by atoms with Gasteiger partial charge in [-0.05, 0) is 95.0 Å². The summed E-state index contributed by atoms with van der Waals surface area (Å²) in [5.74, 6) is -0.171. The van der Waals surface area contributed by atoms with Crippen LogP contribution in [0.25, 0.3) is 5.69 Å². The number of benzene rings is 2. The molecule has 0 aliphatic carbocycles. The van der Waals surface area contributed by atoms with Crippen molar-refractivity contribution in [3.05, 3.63) is 76.1 Å². The van der Waals surface area contributed by atoms with Crippen molar-refractivity contribution in [2.45, 2.75) is 59.0 Å². The van der Waals surface area contributed by atoms with Gasteiger partial charge in [0.05, 0.1) is 23.1 Å². The summed E-state index contributed by atoms with van der Waals surface area (Å²) in [4.78, 5) is 27.7. The van der Waals surface area contributed by atoms with Crippen LogP contribution in [0.15, 0.2) is 48.7 Å². The summed E-state index contributed by atoms with van der Waals surface area (Å²) in [7, 11) is 0. The maximum Gasteiger partial charge on any atom is 0.410 e. The smallest absolute Gasteiger partial charge is 0.410 e. The van der Waals surface area contributed by atoms with E-state index in [0.717, 1.165) is 16.9 Å². The molecule has 1 aromatic heterocycles. The second-order valence-corrected chi connectivity index (χ2v) is 10.8. The van der Waals surface area contributed by atoms with Crippen LogP contribution in [0.2, 0.25) is 5.02 Å². The highest BCUT2D eigenvalue weighted by molar-refractivity contribution is 6.30. The van der Waals surface area contributed by atoms with Crippen molar-refractivity contribution < 1.29 is 14.3 Å². The Bertz CT molecular complexity index is 1250. The lowest BCUT2D eigenvalue weighted by Crippen LogP contribution is -2.41. The van der Waals surface area contributed by atoms with E-state index in [9.17, 15) is 9.59 Å². The number of nitrogens with one attached hydrogen (secondary N) is 1. The van der Waals surface area contributed by atoms with E-state index in [4.69, 9.17) is 16.3 Å². The van der Waals surface area contributed by atoms with Crippen LogP contribution in [0.4, 0.5) is 10.5 Å². The number of likely N-dealkylation sites (tertiary alicyclic amines) is 1. The van der Waals surface area contributed by atoms with Crippen LogP contribution >= 0.6 is 11.6 Å². The minimum absolute atomic E-state index is 0.0544. The standard InChI is InChI=1S/C28H33ClN4O3/c1-18-6-11-23(16-19(18)2)33-25(20-12-14-32(15-13-20)27(35)36-28(3,4)5)24(17-30-33)26(34)31-22-9-7-21(29)8-10-22/h6-11,16-17,20H,12-15H2,1-5H3,(H,31,34). The average molecular weight is 509 g/mol. The SMILES string of the molecule is Cc1ccc(-n2ncc(C(=O)Nc3ccc(Cl)cc3)c2C2CCN(C(=O)OC(C)(C)C)CC2)cc1C. The minimum Gasteiger partial charge on any atom is -0.444 e. The predicted octanol–water partition coefficient (Wildman–Crippen LogP) is 6.51. The Morgan fingerprint density at radius 3 is 2.31 bits per heavy atom. The Labute approximate surface area is 217 Å². The van der Waals surface area contributed by atoms with E-state index in [1.54, 1.807) is 35.4 Å². The molecule has 0 unspecified atom stereocenters. The quantitative estimate of drug-likeness (QED) is 0.436. The molecular formula is C28H33ClN4O3. The predicted molar refractivity (Wildman–Crippen MR) is 142 cm³/mol. The number of rotatable bonds is 4. The van der Waals surface area contributed by atoms with Crippen LogP contribution in [-0.4, -0.2) is 45.4 Å². The number of aryl methyl sites for hydroxylation is 2. The molecule has 0 spiro atoms. The maximum absolute atomic E-state index is 13.4. The average Bonchev–Trinajstić information content (AvgIpc) is 3.27. The Kier molecular flexibility index (Phi) is 7.41. The van der Waals surface area contributed by atoms with Gasteiger partial charge in [0.2, 0.25) is 0 Å². The van der Waals surface area contributed by atoms with Gasteiger partial charge in [0.25, 0.3) is 5.91 Å². The third-order valence-corrected chi connectivity index (χ3v) is 6.67. The number of aromatic nitrogens is 2. The summed E-state index contributed by atoms with van der Waals surface area (Å²) in [6.07, 6.45) is 2.74. The first-order chi connectivity index (χ1) is 17.0. The second-order valence-electron chi connectivity index (χ2n) is 10.3. The van der Waals surface area contributed by atoms with Gasteiger partial charge in [0.15, 0.2) is 0 Å². The van der Waals surface area contributed by atoms with Crippen LogP contribution in [0.3, 0.4) is 0 Å². The van der Waals surface area contributed by atoms with Crippen LogP contribution in [0.1, 0.15) is 66.7 Å². The lowest BCUT2D eigenvalue weighted by atomic mass is 9.90. The van der Waals surface area contributed by atoms with Gasteiger partial charge >= 0.3 is 6.09 Å². The Hall–Kier alpha value is -3.32. The number of ether oxygens (including phenoxy) is 1. The summed E-state index contributed by atoms with van der Waals surface area (Å²) in [6.45, 7) is 10.8. The molecule has 0 atom stereocenters. The third kappa shape index (κ3) is 5.90. The zero-order chi connectivity index (χ0) is 26.0. The van der Waals surface area contributed by atoms with Crippen molar-refractivity contribution in [1.29, 1.82) is 0 Å². The molecule has 4 rings (SSSR count). The number of hydrogen-bond acceptors (Lipinski definition) is 4. The topological polar surface area (TPSA) is 76.5 Å². The fourth-order valence-electron chi connectivity index (χ4n) is 4.38. The first kappa shape index (κ1) is 25.8. The van der Waals surface area contributed by atoms with Gasteiger partial charge < -0.3 is 15.0 Å². The number of halogens is 1. The van der Waals surface area contributed by atoms with Gasteiger partial charge in [-0.1, -0.05) is 17.7 Å². The molecule has 190 valence electrons. The highest BCUT2D eigenvalue weighted by Crippen LogP contribution is 2.33. The molecule has 0 saturated carbocycles. The molecule has 0 bridgehead atoms. The molecule has 3 aromatic rings. The largest absolute Gasteiger partial charge is 0.444 e. The second kappa shape index (κ2) is 10.3. The molecule has 1 aliphatic heterocycles. The monoisotopic (exact) mass is 508 g/mol. The molecule has 2 heterocycles. The first-order valence-corrected chi connectivity index (χ1v) is 12.6. The molecule has 1 N–H and O–H groups in total. The van der Waals surface area contributed by atoms with Gasteiger partial charge in [-0.25, -0.2) is 9.48 Å². The van der Waals surface area contributed by atoms with Crippen molar-refractivity contribution in [1.82, 2.24) is 14.7 Å². The van der Waals surface area contributed by atoms with Gasteiger partial charge in [0, 0.05) is 29.7 Å². The number of carbonyl (C=O) groups excluding carboxylic acids is 2. The zero-order valence-electron chi connectivity index (χ0n) is 21.5. The molecule has 2 amide bonds. The number of hydrogen-bond donors (Lipinski definition) is 1. The minimum atomic E-state index is -0.539. The molecule has 7 nitrogen and oxygen atoms in total. The Balaban J connectivity index is 1.63. The lowest BCUT2D eigenvalue weighted by molar-refractivity contribution is 0.0203. The van der Waals surface area contributed by atoms with Gasteiger partial charge in [-0.15, -0.1) is 0 Å². The van der Waals surface area contributed by atoms with E-state index < -0.39 is 5.60 Å². The molecule has 36 heavy (non-hydrogen) atoms. The summed E-state index contributed by atoms with van der Waals surface area (Å²) < 4.78 is 7.43. The van der Waals surface area contributed by atoms with E-state index in [0.29, 0.717) is 42.2 Å². The fraction of sp³-hybridized carbons (Fsp3) is 0.393. The summed E-state index contributed by atoms with van der Waals surface area (Å²) in [5, 5.41) is 8.21. The zero-order valence-corrected chi connectivity index (χ0v) is 22.2. The van der Waals surface area contributed by atoms with Gasteiger partial charge in [0.1, 0.15) is 5.60 Å². The van der Waals surface area contributed by atoms with E-state index in [2.05, 4.69) is 36.4 Å². The van der Waals surface area contributed by atoms with Crippen molar-refractivity contribution in [2.75, 3.05) is 18.4 Å². The molecule has 1 saturated heterocycles. The molecule has 2 aromatic carbocycles. The van der Waals surface area contributed by atoms with Crippen LogP contribution in [0, 0.1) is 13.8 Å². The van der Waals surface area contributed by atoms with Crippen molar-refractivity contribution in [3.8, 4) is 5.69 Å². The fourth-order valence-corrected chi connectivity index (χ4v) is 4.51. The van der Waals surface area contributed by atoms with Crippen molar-refractivity contribution in [2.24, 2.45) is 0 Å². The molecular weight excluding hydrogens is 476 g/mol. The number of piperidine rings is 1. The van der Waals surface area contributed by atoms with Crippen LogP contribution < -0.4 is 5.32 Å². The summed E-state index contributed by atoms with van der Waals surface area (Å²) >= 11 is 5.99. The molecule has 0 radical (unpaired) electrons. The molecule has 1 fully saturated rings. The van der Waals surface area contributed by atoms with Crippen LogP contribution in [0.5, 0.6) is 0 Å². The highest BCUT2D eigenvalue weighted by Gasteiger charge is 2.32. The third-order valence-electron chi connectivity index (χ3n) is 6.42. The normalized spacial score (nSPS) is 14.6. The number of amides is 2.